The highest BCUT2D eigenvalue weighted by molar-refractivity contribution is 6.39. The van der Waals surface area contributed by atoms with Crippen molar-refractivity contribution >= 4 is 40.5 Å². The smallest absolute Gasteiger partial charge is 0.187 e. The molecule has 0 unspecified atom stereocenters. The first-order chi connectivity index (χ1) is 10.2. The largest absolute Gasteiger partial charge is 0.479 e. The van der Waals surface area contributed by atoms with E-state index >= 15 is 0 Å². The summed E-state index contributed by atoms with van der Waals surface area (Å²) in [5, 5.41) is 4.49. The average molecular weight is 321 g/mol. The maximum absolute atomic E-state index is 6.21. The number of para-hydroxylation sites is 2. The third-order valence-electron chi connectivity index (χ3n) is 3.23. The Bertz CT molecular complexity index is 665. The molecule has 0 atom stereocenters. The van der Waals surface area contributed by atoms with Crippen molar-refractivity contribution in [3.8, 4) is 0 Å². The Kier molecular flexibility index (Phi) is 4.32. The molecular formula is C16H14Cl2N2O. The van der Waals surface area contributed by atoms with Crippen molar-refractivity contribution in [2.45, 2.75) is 6.42 Å². The predicted molar refractivity (Wildman–Crippen MR) is 88.1 cm³/mol. The lowest BCUT2D eigenvalue weighted by Gasteiger charge is -2.14. The predicted octanol–water partition coefficient (Wildman–Crippen LogP) is 4.71. The Morgan fingerprint density at radius 2 is 1.81 bits per heavy atom. The zero-order valence-corrected chi connectivity index (χ0v) is 12.8. The number of halogens is 2. The summed E-state index contributed by atoms with van der Waals surface area (Å²) < 4.78 is 5.48. The molecule has 2 aromatic carbocycles. The van der Waals surface area contributed by atoms with Crippen LogP contribution in [0.15, 0.2) is 47.5 Å². The summed E-state index contributed by atoms with van der Waals surface area (Å²) in [7, 11) is 0. The lowest BCUT2D eigenvalue weighted by molar-refractivity contribution is 0.341. The fourth-order valence-electron chi connectivity index (χ4n) is 2.20. The van der Waals surface area contributed by atoms with Crippen LogP contribution >= 0.6 is 23.2 Å². The molecule has 1 heterocycles. The van der Waals surface area contributed by atoms with E-state index in [9.17, 15) is 0 Å². The van der Waals surface area contributed by atoms with Crippen LogP contribution in [0, 0.1) is 0 Å². The van der Waals surface area contributed by atoms with Gasteiger partial charge >= 0.3 is 0 Å². The van der Waals surface area contributed by atoms with Crippen LogP contribution in [0.3, 0.4) is 0 Å². The zero-order valence-electron chi connectivity index (χ0n) is 11.3. The number of rotatable bonds is 4. The van der Waals surface area contributed by atoms with Gasteiger partial charge in [0.05, 0.1) is 28.7 Å². The minimum atomic E-state index is 0.590. The molecule has 2 aromatic rings. The van der Waals surface area contributed by atoms with E-state index in [0.29, 0.717) is 28.8 Å². The summed E-state index contributed by atoms with van der Waals surface area (Å²) in [4.78, 5) is 4.33. The van der Waals surface area contributed by atoms with Crippen LogP contribution in [0.5, 0.6) is 0 Å². The van der Waals surface area contributed by atoms with E-state index in [2.05, 4.69) is 10.3 Å². The van der Waals surface area contributed by atoms with Crippen molar-refractivity contribution < 1.29 is 4.74 Å². The molecule has 0 aliphatic carbocycles. The molecule has 0 aromatic heterocycles. The van der Waals surface area contributed by atoms with E-state index in [1.807, 2.05) is 42.5 Å². The van der Waals surface area contributed by atoms with Crippen LogP contribution in [0.1, 0.15) is 5.56 Å². The lowest BCUT2D eigenvalue weighted by Crippen LogP contribution is -2.06. The van der Waals surface area contributed by atoms with Crippen LogP contribution < -0.4 is 5.32 Å². The molecule has 0 fully saturated rings. The Balaban J connectivity index is 1.88. The van der Waals surface area contributed by atoms with E-state index in [-0.39, 0.29) is 0 Å². The van der Waals surface area contributed by atoms with Gasteiger partial charge in [0.2, 0.25) is 0 Å². The Morgan fingerprint density at radius 1 is 1.05 bits per heavy atom. The molecule has 108 valence electrons. The second-order valence-electron chi connectivity index (χ2n) is 4.68. The molecule has 1 aliphatic heterocycles. The van der Waals surface area contributed by atoms with Gasteiger partial charge in [-0.25, -0.2) is 0 Å². The van der Waals surface area contributed by atoms with Crippen molar-refractivity contribution in [2.24, 2.45) is 4.99 Å². The van der Waals surface area contributed by atoms with Crippen LogP contribution in [0.25, 0.3) is 0 Å². The van der Waals surface area contributed by atoms with Crippen LogP contribution in [0.2, 0.25) is 10.0 Å². The van der Waals surface area contributed by atoms with Gasteiger partial charge in [0.1, 0.15) is 6.61 Å². The van der Waals surface area contributed by atoms with Gasteiger partial charge in [-0.15, -0.1) is 0 Å². The van der Waals surface area contributed by atoms with Crippen molar-refractivity contribution in [1.82, 2.24) is 0 Å². The topological polar surface area (TPSA) is 33.6 Å². The molecule has 0 radical (unpaired) electrons. The number of ether oxygens (including phenoxy) is 1. The summed E-state index contributed by atoms with van der Waals surface area (Å²) in [6.45, 7) is 1.41. The highest BCUT2D eigenvalue weighted by atomic mass is 35.5. The fraction of sp³-hybridized carbons (Fsp3) is 0.188. The Hall–Kier alpha value is -1.71. The quantitative estimate of drug-likeness (QED) is 0.885. The summed E-state index contributed by atoms with van der Waals surface area (Å²) in [6.07, 6.45) is 0.658. The van der Waals surface area contributed by atoms with Crippen LogP contribution in [-0.4, -0.2) is 19.0 Å². The second-order valence-corrected chi connectivity index (χ2v) is 5.49. The monoisotopic (exact) mass is 320 g/mol. The van der Waals surface area contributed by atoms with E-state index < -0.39 is 0 Å². The zero-order chi connectivity index (χ0) is 14.7. The summed E-state index contributed by atoms with van der Waals surface area (Å²) in [5.74, 6) is 0.773. The highest BCUT2D eigenvalue weighted by Gasteiger charge is 2.13. The van der Waals surface area contributed by atoms with E-state index in [1.54, 1.807) is 0 Å². The van der Waals surface area contributed by atoms with Crippen molar-refractivity contribution in [1.29, 1.82) is 0 Å². The third kappa shape index (κ3) is 3.31. The van der Waals surface area contributed by atoms with Crippen molar-refractivity contribution in [2.75, 3.05) is 18.5 Å². The molecular weight excluding hydrogens is 307 g/mol. The van der Waals surface area contributed by atoms with Crippen molar-refractivity contribution in [3.63, 3.8) is 0 Å². The first kappa shape index (κ1) is 14.2. The van der Waals surface area contributed by atoms with Crippen LogP contribution in [-0.2, 0) is 11.2 Å². The van der Waals surface area contributed by atoms with Gasteiger partial charge in [-0.3, -0.25) is 4.99 Å². The van der Waals surface area contributed by atoms with Gasteiger partial charge in [0.25, 0.3) is 0 Å². The van der Waals surface area contributed by atoms with Crippen molar-refractivity contribution in [3.05, 3.63) is 58.1 Å². The number of anilines is 2. The molecule has 3 nitrogen and oxygen atoms in total. The number of benzene rings is 2. The highest BCUT2D eigenvalue weighted by Crippen LogP contribution is 2.33. The molecule has 1 aliphatic rings. The normalized spacial score (nSPS) is 13.7. The molecule has 0 saturated heterocycles. The van der Waals surface area contributed by atoms with Gasteiger partial charge in [-0.05, 0) is 23.8 Å². The minimum Gasteiger partial charge on any atom is -0.479 e. The molecule has 0 spiro atoms. The Morgan fingerprint density at radius 3 is 2.52 bits per heavy atom. The van der Waals surface area contributed by atoms with E-state index in [4.69, 9.17) is 27.9 Å². The standard InChI is InChI=1S/C16H14Cl2N2O/c17-12-5-3-6-13(18)16(12)20-14-7-2-1-4-11(14)10-15-19-8-9-21-15/h1-7,20H,8-10H2. The first-order valence-corrected chi connectivity index (χ1v) is 7.45. The number of nitrogens with one attached hydrogen (secondary N) is 1. The van der Waals surface area contributed by atoms with E-state index in [1.165, 1.54) is 0 Å². The van der Waals surface area contributed by atoms with Gasteiger partial charge in [0.15, 0.2) is 5.90 Å². The van der Waals surface area contributed by atoms with Gasteiger partial charge in [-0.1, -0.05) is 47.5 Å². The summed E-state index contributed by atoms with van der Waals surface area (Å²) in [6, 6.07) is 13.4. The maximum Gasteiger partial charge on any atom is 0.187 e. The van der Waals surface area contributed by atoms with Crippen LogP contribution in [0.4, 0.5) is 11.4 Å². The molecule has 0 saturated carbocycles. The van der Waals surface area contributed by atoms with Gasteiger partial charge < -0.3 is 10.1 Å². The summed E-state index contributed by atoms with van der Waals surface area (Å²) >= 11 is 12.4. The average Bonchev–Trinajstić information content (AvgIpc) is 2.98. The van der Waals surface area contributed by atoms with Gasteiger partial charge in [-0.2, -0.15) is 0 Å². The van der Waals surface area contributed by atoms with Gasteiger partial charge in [0, 0.05) is 5.69 Å². The molecule has 0 amide bonds. The molecule has 1 N–H and O–H groups in total. The number of nitrogens with zero attached hydrogens (tertiary/aromatic N) is 1. The molecule has 5 heteroatoms. The molecule has 3 rings (SSSR count). The fourth-order valence-corrected chi connectivity index (χ4v) is 2.69. The molecule has 0 bridgehead atoms. The number of aliphatic imine (C=N–C) groups is 1. The molecule has 21 heavy (non-hydrogen) atoms. The lowest BCUT2D eigenvalue weighted by atomic mass is 10.1. The Labute approximate surface area is 133 Å². The third-order valence-corrected chi connectivity index (χ3v) is 3.86. The maximum atomic E-state index is 6.21. The second kappa shape index (κ2) is 6.37. The van der Waals surface area contributed by atoms with E-state index in [0.717, 1.165) is 23.7 Å². The summed E-state index contributed by atoms with van der Waals surface area (Å²) in [5.41, 5.74) is 2.75. The number of hydrogen-bond acceptors (Lipinski definition) is 3. The first-order valence-electron chi connectivity index (χ1n) is 6.69. The number of hydrogen-bond donors (Lipinski definition) is 1. The minimum absolute atomic E-state index is 0.590. The SMILES string of the molecule is Clc1cccc(Cl)c1Nc1ccccc1CC1=NCCO1.